The van der Waals surface area contributed by atoms with Gasteiger partial charge in [-0.1, -0.05) is 80.7 Å². The molecule has 3 fully saturated rings. The summed E-state index contributed by atoms with van der Waals surface area (Å²) in [5, 5.41) is 37.1. The van der Waals surface area contributed by atoms with Crippen molar-refractivity contribution in [1.82, 2.24) is 50.3 Å². The highest BCUT2D eigenvalue weighted by atomic mass is 32.7. The van der Waals surface area contributed by atoms with Crippen molar-refractivity contribution in [1.29, 1.82) is 0 Å². The number of aromatic amines is 1. The largest absolute Gasteiger partial charge is 0.508 e. The molecule has 0 aliphatic carbocycles. The van der Waals surface area contributed by atoms with E-state index in [0.29, 0.717) is 27.8 Å². The molecule has 0 spiro atoms. The normalized spacial score (nSPS) is 24.8. The maximum Gasteiger partial charge on any atom is 0.472 e. The first-order valence-electron chi connectivity index (χ1n) is 30.1. The van der Waals surface area contributed by atoms with Crippen molar-refractivity contribution < 1.29 is 84.6 Å². The Kier molecular flexibility index (Phi) is 22.3. The third-order valence-electron chi connectivity index (χ3n) is 15.6. The number of hydrogen-bond acceptors (Lipinski definition) is 21. The first-order chi connectivity index (χ1) is 45.7. The van der Waals surface area contributed by atoms with Crippen molar-refractivity contribution in [3.63, 3.8) is 0 Å². The van der Waals surface area contributed by atoms with Crippen LogP contribution in [0.15, 0.2) is 138 Å². The number of benzene rings is 4. The number of anilines is 3. The molecule has 6 heterocycles. The van der Waals surface area contributed by atoms with Crippen LogP contribution in [0.25, 0.3) is 11.2 Å². The summed E-state index contributed by atoms with van der Waals surface area (Å²) in [5.74, 6) is -3.47. The van der Waals surface area contributed by atoms with Gasteiger partial charge < -0.3 is 56.5 Å². The van der Waals surface area contributed by atoms with Gasteiger partial charge >= 0.3 is 20.3 Å². The average Bonchev–Trinajstić information content (AvgIpc) is 1.61. The number of aryl methyl sites for hydroxylation is 1. The fraction of sp³-hybridized carbons (Fsp3) is 0.377. The van der Waals surface area contributed by atoms with Crippen LogP contribution < -0.4 is 43.1 Å². The Balaban J connectivity index is 0.813. The molecule has 0 bridgehead atoms. The molecule has 30 nitrogen and oxygen atoms in total. The van der Waals surface area contributed by atoms with Crippen LogP contribution in [0, 0.1) is 5.92 Å². The van der Waals surface area contributed by atoms with Gasteiger partial charge in [0.1, 0.15) is 66.4 Å². The van der Waals surface area contributed by atoms with E-state index in [0.717, 1.165) is 35.0 Å². The van der Waals surface area contributed by atoms with E-state index in [-0.39, 0.29) is 65.8 Å². The lowest BCUT2D eigenvalue weighted by Crippen LogP contribution is -2.58. The van der Waals surface area contributed by atoms with Gasteiger partial charge in [-0.3, -0.25) is 61.0 Å². The molecule has 35 heteroatoms. The number of halogens is 2. The molecule has 3 aliphatic rings. The third-order valence-corrected chi connectivity index (χ3v) is 18.2. The number of nitrogens with one attached hydrogen (secondary N) is 7. The minimum absolute atomic E-state index is 0.0245. The number of phosphoric acid groups is 1. The zero-order chi connectivity index (χ0) is 68.6. The van der Waals surface area contributed by atoms with Crippen LogP contribution in [0.2, 0.25) is 0 Å². The summed E-state index contributed by atoms with van der Waals surface area (Å²) in [6.45, 7) is -1.61. The monoisotopic (exact) mass is 1390 g/mol. The molecule has 14 atom stereocenters. The van der Waals surface area contributed by atoms with Crippen molar-refractivity contribution >= 4 is 84.8 Å². The van der Waals surface area contributed by atoms with Crippen molar-refractivity contribution in [2.75, 3.05) is 23.8 Å². The number of phenols is 2. The quantitative estimate of drug-likeness (QED) is 0.0313. The Labute approximate surface area is 550 Å². The Hall–Kier alpha value is -8.75. The second-order valence-corrected chi connectivity index (χ2v) is 27.6. The Morgan fingerprint density at radius 2 is 1.22 bits per heavy atom. The summed E-state index contributed by atoms with van der Waals surface area (Å²) >= 11 is 3.97. The number of carbonyl (C=O) groups is 5. The first kappa shape index (κ1) is 70.1. The van der Waals surface area contributed by atoms with Gasteiger partial charge in [0.15, 0.2) is 41.8 Å². The van der Waals surface area contributed by atoms with E-state index in [2.05, 4.69) is 59.1 Å². The van der Waals surface area contributed by atoms with E-state index in [1.54, 1.807) is 36.4 Å². The maximum atomic E-state index is 16.8. The molecule has 0 saturated carbocycles. The number of carbonyl (C=O) groups excluding carboxylic acids is 5. The molecule has 3 aliphatic heterocycles. The maximum absolute atomic E-state index is 16.8. The molecule has 510 valence electrons. The van der Waals surface area contributed by atoms with E-state index < -0.39 is 142 Å². The van der Waals surface area contributed by atoms with E-state index >= 15 is 8.78 Å². The average molecular weight is 1390 g/mol. The summed E-state index contributed by atoms with van der Waals surface area (Å²) in [5.41, 5.74) is 0.809. The van der Waals surface area contributed by atoms with E-state index in [4.69, 9.17) is 27.6 Å². The molecular formula is C61H68F2N12O18P2S. The van der Waals surface area contributed by atoms with Gasteiger partial charge in [-0.15, -0.1) is 0 Å². The zero-order valence-corrected chi connectivity index (χ0v) is 54.1. The summed E-state index contributed by atoms with van der Waals surface area (Å²) in [4.78, 5) is 120. The molecule has 96 heavy (non-hydrogen) atoms. The fourth-order valence-electron chi connectivity index (χ4n) is 11.0. The highest BCUT2D eigenvalue weighted by Gasteiger charge is 2.55. The number of rotatable bonds is 22. The summed E-state index contributed by atoms with van der Waals surface area (Å²) < 4.78 is 94.5. The highest BCUT2D eigenvalue weighted by Crippen LogP contribution is 2.58. The second-order valence-electron chi connectivity index (χ2n) is 23.3. The molecule has 7 aromatic rings. The lowest BCUT2D eigenvalue weighted by atomic mass is 9.99. The van der Waals surface area contributed by atoms with E-state index in [1.807, 2.05) is 49.2 Å². The summed E-state index contributed by atoms with van der Waals surface area (Å²) in [7, 11) is -5.31. The number of amides is 5. The first-order valence-corrected chi connectivity index (χ1v) is 34.3. The van der Waals surface area contributed by atoms with Crippen LogP contribution in [-0.2, 0) is 79.9 Å². The topological polar surface area (TPSA) is 406 Å². The Morgan fingerprint density at radius 3 is 1.82 bits per heavy atom. The Bertz CT molecular complexity index is 4160. The van der Waals surface area contributed by atoms with Crippen LogP contribution >= 0.6 is 26.9 Å². The Morgan fingerprint density at radius 1 is 0.667 bits per heavy atom. The van der Waals surface area contributed by atoms with Gasteiger partial charge in [-0.25, -0.2) is 37.7 Å². The third kappa shape index (κ3) is 17.8. The number of nitrogens with zero attached hydrogens (tertiary/aromatic N) is 5. The molecule has 4 aromatic carbocycles. The van der Waals surface area contributed by atoms with Gasteiger partial charge in [0.05, 0.1) is 19.5 Å². The smallest absolute Gasteiger partial charge is 0.472 e. The predicted molar refractivity (Wildman–Crippen MR) is 342 cm³/mol. The number of aromatic hydroxyl groups is 2. The second kappa shape index (κ2) is 30.5. The standard InChI is InChI=1S/C61H68F2N12O18P2S/c1-32(2)25-42(70-58(83)44(27-36-11-20-40(78)21-12-36)71-55(80)41(67-33(3)76)22-13-34-7-5-4-6-8-34)57(82)72-43(26-35-9-18-39(77)19-10-35)56(81)69-38-16-14-37(15-17-38)68-53-50-54(65-30-64-53)75(31-66-50)60-48(62)51-46(91-60)29-89-95(87,96)93-52-45(28-88-94(85,86)92-51)90-59(49(52)63)74-24-23-47(79)73-61(74)84/h4-12,14-21,23-24,30-32,41-46,48-49,51-52,59-60,77-78H,13,22,25-29H2,1-3H3,(H,67,76)(H,69,81)(H,70,83)(H,71,80)(H,72,82)(H,85,86)(H,87,96)(H,64,65,68)(H,73,79,84)/t41-,42-,43-,44-,45+,46+,48+,49+,51+,52+,59+,60+,95?/m0/s1. The number of thiol groups is 1. The number of H-pyrrole nitrogens is 1. The number of imidazole rings is 1. The SMILES string of the molecule is CC(=O)N[C@@H](CCc1ccccc1)C(=O)N[C@@H](Cc1ccc(O)cc1)C(=O)N[C@@H](CC(C)C)C(=O)N[C@@H](Cc1ccc(O)cc1)C(=O)Nc1ccc(Nc2ncnc3c2ncn3[C@@H]2O[C@@H]3COP(=O)(S)O[C@H]4[C@@H](F)[C@H](n5ccc(=O)[nH]c5=O)O[C@@H]4COP(=O)(O)O[C@H]3[C@H]2F)cc1. The van der Waals surface area contributed by atoms with Crippen molar-refractivity contribution in [2.45, 2.75) is 126 Å². The molecule has 10 N–H and O–H groups in total. The number of alkyl halides is 2. The number of ether oxygens (including phenoxy) is 2. The minimum Gasteiger partial charge on any atom is -0.508 e. The van der Waals surface area contributed by atoms with Gasteiger partial charge in [0, 0.05) is 43.4 Å². The number of aromatic nitrogens is 6. The van der Waals surface area contributed by atoms with Crippen LogP contribution in [0.3, 0.4) is 0 Å². The van der Waals surface area contributed by atoms with Crippen LogP contribution in [-0.4, -0.2) is 148 Å². The molecular weight excluding hydrogens is 1320 g/mol. The molecule has 10 rings (SSSR count). The van der Waals surface area contributed by atoms with Gasteiger partial charge in [-0.05, 0) is 90.4 Å². The molecule has 2 unspecified atom stereocenters. The van der Waals surface area contributed by atoms with Crippen molar-refractivity contribution in [2.24, 2.45) is 5.92 Å². The lowest BCUT2D eigenvalue weighted by Gasteiger charge is -2.27. The van der Waals surface area contributed by atoms with Crippen LogP contribution in [0.1, 0.15) is 62.8 Å². The number of phosphoric ester groups is 1. The molecule has 3 saturated heterocycles. The number of phenolic OH excluding ortho intramolecular Hbond substituents is 2. The molecule has 5 amide bonds. The number of hydrogen-bond donors (Lipinski definition) is 11. The van der Waals surface area contributed by atoms with E-state index in [1.165, 1.54) is 43.3 Å². The van der Waals surface area contributed by atoms with Crippen LogP contribution in [0.4, 0.5) is 26.0 Å². The van der Waals surface area contributed by atoms with Gasteiger partial charge in [0.2, 0.25) is 29.5 Å². The summed E-state index contributed by atoms with van der Waals surface area (Å²) in [6, 6.07) is 23.5. The highest BCUT2D eigenvalue weighted by molar-refractivity contribution is 8.44. The van der Waals surface area contributed by atoms with E-state index in [9.17, 15) is 57.8 Å². The van der Waals surface area contributed by atoms with Crippen LogP contribution in [0.5, 0.6) is 11.5 Å². The zero-order valence-electron chi connectivity index (χ0n) is 51.4. The minimum atomic E-state index is -5.31. The lowest BCUT2D eigenvalue weighted by molar-refractivity contribution is -0.134. The molecule has 0 radical (unpaired) electrons. The summed E-state index contributed by atoms with van der Waals surface area (Å²) in [6.07, 6.45) is -11.7. The molecule has 3 aromatic heterocycles. The van der Waals surface area contributed by atoms with Gasteiger partial charge in [-0.2, -0.15) is 0 Å². The van der Waals surface area contributed by atoms with Gasteiger partial charge in [0.25, 0.3) is 5.56 Å². The van der Waals surface area contributed by atoms with Crippen molar-refractivity contribution in [3.05, 3.63) is 166 Å². The fourth-order valence-corrected chi connectivity index (χ4v) is 13.4. The predicted octanol–water partition coefficient (Wildman–Crippen LogP) is 5.02. The van der Waals surface area contributed by atoms with Crippen molar-refractivity contribution in [3.8, 4) is 11.5 Å². The number of fused-ring (bicyclic) bond motifs is 3.